The van der Waals surface area contributed by atoms with Crippen LogP contribution < -0.4 is 11.5 Å². The van der Waals surface area contributed by atoms with Gasteiger partial charge in [-0.1, -0.05) is 17.7 Å². The fraction of sp³-hybridized carbons (Fsp3) is 0.250. The monoisotopic (exact) mass is 319 g/mol. The number of hydrogen-bond acceptors (Lipinski definition) is 4. The van der Waals surface area contributed by atoms with Crippen molar-refractivity contribution < 1.29 is 9.18 Å². The smallest absolute Gasteiger partial charge is 0.199 e. The van der Waals surface area contributed by atoms with Gasteiger partial charge in [0.1, 0.15) is 11.6 Å². The summed E-state index contributed by atoms with van der Waals surface area (Å²) in [7, 11) is 0. The number of halogens is 2. The average molecular weight is 320 g/mol. The second kappa shape index (κ2) is 5.66. The van der Waals surface area contributed by atoms with Gasteiger partial charge in [0.25, 0.3) is 0 Å². The number of pyridine rings is 1. The quantitative estimate of drug-likeness (QED) is 0.848. The summed E-state index contributed by atoms with van der Waals surface area (Å²) in [6.45, 7) is 0. The molecule has 0 bridgehead atoms. The van der Waals surface area contributed by atoms with Crippen LogP contribution in [0.15, 0.2) is 30.5 Å². The van der Waals surface area contributed by atoms with Crippen LogP contribution in [-0.2, 0) is 0 Å². The average Bonchev–Trinajstić information content (AvgIpc) is 3.32. The van der Waals surface area contributed by atoms with Gasteiger partial charge in [-0.25, -0.2) is 9.37 Å². The van der Waals surface area contributed by atoms with Crippen LogP contribution in [0.1, 0.15) is 40.4 Å². The molecule has 3 rings (SSSR count). The van der Waals surface area contributed by atoms with Crippen LogP contribution in [0.2, 0.25) is 5.02 Å². The zero-order valence-corrected chi connectivity index (χ0v) is 12.5. The highest BCUT2D eigenvalue weighted by Crippen LogP contribution is 2.41. The van der Waals surface area contributed by atoms with Crippen LogP contribution in [0.5, 0.6) is 0 Å². The second-order valence-electron chi connectivity index (χ2n) is 5.49. The maximum atomic E-state index is 14.8. The van der Waals surface area contributed by atoms with Crippen molar-refractivity contribution in [1.82, 2.24) is 4.98 Å². The third-order valence-corrected chi connectivity index (χ3v) is 4.20. The first-order chi connectivity index (χ1) is 10.5. The van der Waals surface area contributed by atoms with Crippen LogP contribution in [0, 0.1) is 11.7 Å². The Balaban J connectivity index is 2.03. The maximum absolute atomic E-state index is 14.8. The SMILES string of the molecule is Nc1ccc(C(=O)c2c(Cl)ccc([C@H](N)C3CC3)c2F)cn1. The van der Waals surface area contributed by atoms with E-state index in [4.69, 9.17) is 23.1 Å². The number of benzene rings is 1. The van der Waals surface area contributed by atoms with Crippen LogP contribution in [0.3, 0.4) is 0 Å². The Labute approximate surface area is 132 Å². The van der Waals surface area contributed by atoms with E-state index in [1.807, 2.05) is 0 Å². The minimum absolute atomic E-state index is 0.0612. The van der Waals surface area contributed by atoms with Crippen molar-refractivity contribution in [2.75, 3.05) is 5.73 Å². The van der Waals surface area contributed by atoms with E-state index < -0.39 is 17.6 Å². The van der Waals surface area contributed by atoms with E-state index >= 15 is 0 Å². The molecule has 4 N–H and O–H groups in total. The summed E-state index contributed by atoms with van der Waals surface area (Å²) in [6.07, 6.45) is 3.27. The normalized spacial score (nSPS) is 15.6. The number of anilines is 1. The molecule has 0 aliphatic heterocycles. The van der Waals surface area contributed by atoms with E-state index in [0.29, 0.717) is 5.56 Å². The lowest BCUT2D eigenvalue weighted by Crippen LogP contribution is -2.17. The molecule has 1 saturated carbocycles. The molecule has 6 heteroatoms. The largest absolute Gasteiger partial charge is 0.384 e. The molecule has 1 aromatic carbocycles. The predicted molar refractivity (Wildman–Crippen MR) is 83.1 cm³/mol. The summed E-state index contributed by atoms with van der Waals surface area (Å²) in [4.78, 5) is 16.4. The van der Waals surface area contributed by atoms with Crippen LogP contribution >= 0.6 is 11.6 Å². The summed E-state index contributed by atoms with van der Waals surface area (Å²) in [5.74, 6) is -0.613. The van der Waals surface area contributed by atoms with Crippen LogP contribution in [-0.4, -0.2) is 10.8 Å². The Kier molecular flexibility index (Phi) is 3.85. The zero-order chi connectivity index (χ0) is 15.9. The number of rotatable bonds is 4. The lowest BCUT2D eigenvalue weighted by atomic mass is 9.96. The molecule has 0 spiro atoms. The van der Waals surface area contributed by atoms with Crippen LogP contribution in [0.4, 0.5) is 10.2 Å². The Hall–Kier alpha value is -1.98. The van der Waals surface area contributed by atoms with Crippen molar-refractivity contribution in [3.63, 3.8) is 0 Å². The molecule has 0 amide bonds. The molecule has 0 unspecified atom stereocenters. The van der Waals surface area contributed by atoms with E-state index in [0.717, 1.165) is 12.8 Å². The molecule has 2 aromatic rings. The number of nitrogen functional groups attached to an aromatic ring is 1. The third-order valence-electron chi connectivity index (χ3n) is 3.89. The molecule has 1 aromatic heterocycles. The number of carbonyl (C=O) groups is 1. The van der Waals surface area contributed by atoms with Gasteiger partial charge in [0.15, 0.2) is 5.78 Å². The number of aromatic nitrogens is 1. The minimum atomic E-state index is -0.645. The molecule has 0 radical (unpaired) electrons. The van der Waals surface area contributed by atoms with E-state index in [-0.39, 0.29) is 27.9 Å². The third kappa shape index (κ3) is 2.69. The van der Waals surface area contributed by atoms with Gasteiger partial charge in [0.05, 0.1) is 10.6 Å². The number of ketones is 1. The predicted octanol–water partition coefficient (Wildman–Crippen LogP) is 3.10. The van der Waals surface area contributed by atoms with Gasteiger partial charge in [-0.2, -0.15) is 0 Å². The molecule has 1 aliphatic rings. The summed E-state index contributed by atoms with van der Waals surface area (Å²) in [6, 6.07) is 5.64. The van der Waals surface area contributed by atoms with E-state index in [1.165, 1.54) is 24.4 Å². The van der Waals surface area contributed by atoms with Gasteiger partial charge in [0.2, 0.25) is 0 Å². The highest BCUT2D eigenvalue weighted by atomic mass is 35.5. The van der Waals surface area contributed by atoms with Crippen molar-refractivity contribution in [1.29, 1.82) is 0 Å². The minimum Gasteiger partial charge on any atom is -0.384 e. The number of hydrogen-bond donors (Lipinski definition) is 2. The summed E-state index contributed by atoms with van der Waals surface area (Å²) < 4.78 is 14.8. The molecule has 1 atom stereocenters. The molecule has 4 nitrogen and oxygen atoms in total. The highest BCUT2D eigenvalue weighted by molar-refractivity contribution is 6.35. The zero-order valence-electron chi connectivity index (χ0n) is 11.7. The van der Waals surface area contributed by atoms with Crippen molar-refractivity contribution in [3.05, 3.63) is 58.0 Å². The number of nitrogens with zero attached hydrogens (tertiary/aromatic N) is 1. The Bertz CT molecular complexity index is 729. The molecule has 22 heavy (non-hydrogen) atoms. The van der Waals surface area contributed by atoms with Gasteiger partial charge in [-0.15, -0.1) is 0 Å². The fourth-order valence-corrected chi connectivity index (χ4v) is 2.66. The van der Waals surface area contributed by atoms with Crippen LogP contribution in [0.25, 0.3) is 0 Å². The topological polar surface area (TPSA) is 82.0 Å². The maximum Gasteiger partial charge on any atom is 0.199 e. The molecule has 0 saturated heterocycles. The van der Waals surface area contributed by atoms with Crippen molar-refractivity contribution in [3.8, 4) is 0 Å². The standard InChI is InChI=1S/C16H15ClFN3O/c17-11-5-4-10(15(20)8-1-2-8)14(18)13(11)16(22)9-3-6-12(19)21-7-9/h3-8,15H,1-2,20H2,(H2,19,21)/t15-/m1/s1. The van der Waals surface area contributed by atoms with Gasteiger partial charge in [0, 0.05) is 23.4 Å². The first kappa shape index (κ1) is 14.9. The van der Waals surface area contributed by atoms with E-state index in [2.05, 4.69) is 4.98 Å². The molecular weight excluding hydrogens is 305 g/mol. The van der Waals surface area contributed by atoms with Gasteiger partial charge < -0.3 is 11.5 Å². The first-order valence-electron chi connectivity index (χ1n) is 6.98. The second-order valence-corrected chi connectivity index (χ2v) is 5.90. The summed E-state index contributed by atoms with van der Waals surface area (Å²) in [5.41, 5.74) is 11.9. The van der Waals surface area contributed by atoms with Gasteiger partial charge in [-0.3, -0.25) is 4.79 Å². The van der Waals surface area contributed by atoms with Crippen molar-refractivity contribution in [2.45, 2.75) is 18.9 Å². The van der Waals surface area contributed by atoms with Gasteiger partial charge >= 0.3 is 0 Å². The Morgan fingerprint density at radius 3 is 2.64 bits per heavy atom. The van der Waals surface area contributed by atoms with E-state index in [9.17, 15) is 9.18 Å². The number of carbonyl (C=O) groups excluding carboxylic acids is 1. The Morgan fingerprint density at radius 2 is 2.05 bits per heavy atom. The molecule has 1 heterocycles. The number of nitrogens with two attached hydrogens (primary N) is 2. The molecule has 1 aliphatic carbocycles. The van der Waals surface area contributed by atoms with Gasteiger partial charge in [-0.05, 0) is 37.0 Å². The Morgan fingerprint density at radius 1 is 1.32 bits per heavy atom. The highest BCUT2D eigenvalue weighted by Gasteiger charge is 2.33. The van der Waals surface area contributed by atoms with E-state index in [1.54, 1.807) is 6.07 Å². The lowest BCUT2D eigenvalue weighted by Gasteiger charge is -2.15. The lowest BCUT2D eigenvalue weighted by molar-refractivity contribution is 0.103. The molecular formula is C16H15ClFN3O. The van der Waals surface area contributed by atoms with Crippen molar-refractivity contribution in [2.24, 2.45) is 11.7 Å². The van der Waals surface area contributed by atoms with Crippen molar-refractivity contribution >= 4 is 23.2 Å². The first-order valence-corrected chi connectivity index (χ1v) is 7.36. The summed E-state index contributed by atoms with van der Waals surface area (Å²) in [5, 5.41) is 0.0612. The molecule has 114 valence electrons. The molecule has 1 fully saturated rings. The fourth-order valence-electron chi connectivity index (χ4n) is 2.43. The summed E-state index contributed by atoms with van der Waals surface area (Å²) >= 11 is 6.03.